The van der Waals surface area contributed by atoms with E-state index >= 15 is 0 Å². The van der Waals surface area contributed by atoms with Crippen molar-refractivity contribution in [3.05, 3.63) is 83.2 Å². The lowest BCUT2D eigenvalue weighted by Gasteiger charge is -2.31. The van der Waals surface area contributed by atoms with E-state index in [1.54, 1.807) is 37.2 Å². The van der Waals surface area contributed by atoms with Crippen molar-refractivity contribution in [2.75, 3.05) is 44.6 Å². The van der Waals surface area contributed by atoms with Crippen LogP contribution in [0.25, 0.3) is 0 Å². The smallest absolute Gasteiger partial charge is 0.321 e. The maximum atomic E-state index is 14.4. The molecular weight excluding hydrogens is 577 g/mol. The lowest BCUT2D eigenvalue weighted by atomic mass is 10.0. The first-order valence-electron chi connectivity index (χ1n) is 13.4. The normalized spacial score (nSPS) is 15.5. The standard InChI is InChI=1S/C30H34FN5O6S/c1-35(2)30(39)34-21-11-13-26(43(4,40)41)22(17-21)24-9-6-14-36(24)29(38)27(18-10-12-23(31)25(16-18)42-3)33-20-8-5-7-19(15-20)28(32)37/h5,7-8,10-13,15-17,24,27,33H,6,9,14H2,1-4H3,(H2,32,37)(H,34,39)/t24-,27-/m1/s1. The molecular formula is C30H34FN5O6S. The Hall–Kier alpha value is -4.65. The van der Waals surface area contributed by atoms with E-state index in [9.17, 15) is 27.2 Å². The van der Waals surface area contributed by atoms with Crippen molar-refractivity contribution in [2.24, 2.45) is 5.73 Å². The number of primary amides is 1. The maximum absolute atomic E-state index is 14.4. The number of benzene rings is 3. The van der Waals surface area contributed by atoms with Gasteiger partial charge < -0.3 is 30.9 Å². The first-order valence-corrected chi connectivity index (χ1v) is 15.3. The Morgan fingerprint density at radius 1 is 1.07 bits per heavy atom. The van der Waals surface area contributed by atoms with Gasteiger partial charge in [0, 0.05) is 43.8 Å². The van der Waals surface area contributed by atoms with E-state index in [2.05, 4.69) is 10.6 Å². The van der Waals surface area contributed by atoms with Crippen molar-refractivity contribution in [1.29, 1.82) is 0 Å². The second-order valence-electron chi connectivity index (χ2n) is 10.5. The Bertz CT molecular complexity index is 1660. The summed E-state index contributed by atoms with van der Waals surface area (Å²) in [6.07, 6.45) is 2.15. The van der Waals surface area contributed by atoms with E-state index in [1.807, 2.05) is 0 Å². The number of ether oxygens (including phenoxy) is 1. The second kappa shape index (κ2) is 12.7. The molecule has 0 aromatic heterocycles. The van der Waals surface area contributed by atoms with Crippen LogP contribution in [0.3, 0.4) is 0 Å². The molecule has 4 N–H and O–H groups in total. The van der Waals surface area contributed by atoms with Gasteiger partial charge >= 0.3 is 6.03 Å². The van der Waals surface area contributed by atoms with E-state index in [0.29, 0.717) is 41.9 Å². The molecule has 1 aliphatic rings. The number of halogens is 1. The summed E-state index contributed by atoms with van der Waals surface area (Å²) < 4.78 is 45.1. The van der Waals surface area contributed by atoms with E-state index < -0.39 is 45.6 Å². The summed E-state index contributed by atoms with van der Waals surface area (Å²) in [5.74, 6) is -1.74. The van der Waals surface area contributed by atoms with Gasteiger partial charge in [0.1, 0.15) is 6.04 Å². The summed E-state index contributed by atoms with van der Waals surface area (Å²) in [5.41, 5.74) is 7.22. The Morgan fingerprint density at radius 3 is 2.47 bits per heavy atom. The zero-order valence-electron chi connectivity index (χ0n) is 24.3. The molecule has 1 heterocycles. The fourth-order valence-electron chi connectivity index (χ4n) is 5.05. The molecule has 0 saturated carbocycles. The molecule has 1 fully saturated rings. The quantitative estimate of drug-likeness (QED) is 0.332. The molecule has 13 heteroatoms. The number of carbonyl (C=O) groups is 3. The third kappa shape index (κ3) is 7.05. The Kier molecular flexibility index (Phi) is 9.24. The molecule has 0 bridgehead atoms. The highest BCUT2D eigenvalue weighted by Gasteiger charge is 2.37. The number of hydrogen-bond donors (Lipinski definition) is 3. The third-order valence-electron chi connectivity index (χ3n) is 7.18. The van der Waals surface area contributed by atoms with E-state index in [4.69, 9.17) is 10.5 Å². The number of rotatable bonds is 9. The number of nitrogens with two attached hydrogens (primary N) is 1. The molecule has 4 amide bonds. The number of anilines is 2. The van der Waals surface area contributed by atoms with E-state index in [-0.39, 0.29) is 16.2 Å². The first-order chi connectivity index (χ1) is 20.3. The average Bonchev–Trinajstić information content (AvgIpc) is 3.45. The topological polar surface area (TPSA) is 151 Å². The fraction of sp³-hybridized carbons (Fsp3) is 0.300. The summed E-state index contributed by atoms with van der Waals surface area (Å²) in [6, 6.07) is 12.8. The van der Waals surface area contributed by atoms with Crippen LogP contribution in [0.4, 0.5) is 20.6 Å². The predicted octanol–water partition coefficient (Wildman–Crippen LogP) is 3.95. The lowest BCUT2D eigenvalue weighted by Crippen LogP contribution is -2.38. The number of nitrogens with zero attached hydrogens (tertiary/aromatic N) is 2. The van der Waals surface area contributed by atoms with Crippen LogP contribution >= 0.6 is 0 Å². The van der Waals surface area contributed by atoms with Crippen LogP contribution < -0.4 is 21.1 Å². The molecule has 11 nitrogen and oxygen atoms in total. The number of hydrogen-bond acceptors (Lipinski definition) is 7. The van der Waals surface area contributed by atoms with Gasteiger partial charge in [0.25, 0.3) is 0 Å². The monoisotopic (exact) mass is 611 g/mol. The number of carbonyl (C=O) groups excluding carboxylic acids is 3. The molecule has 43 heavy (non-hydrogen) atoms. The van der Waals surface area contributed by atoms with Gasteiger partial charge in [-0.05, 0) is 72.5 Å². The van der Waals surface area contributed by atoms with Gasteiger partial charge in [-0.15, -0.1) is 0 Å². The largest absolute Gasteiger partial charge is 0.494 e. The molecule has 1 aliphatic heterocycles. The Morgan fingerprint density at radius 2 is 1.81 bits per heavy atom. The summed E-state index contributed by atoms with van der Waals surface area (Å²) >= 11 is 0. The van der Waals surface area contributed by atoms with E-state index in [0.717, 1.165) is 6.26 Å². The molecule has 228 valence electrons. The van der Waals surface area contributed by atoms with Gasteiger partial charge in [0.2, 0.25) is 11.8 Å². The summed E-state index contributed by atoms with van der Waals surface area (Å²) in [4.78, 5) is 41.4. The Labute approximate surface area is 249 Å². The number of likely N-dealkylation sites (tertiary alicyclic amines) is 1. The molecule has 0 spiro atoms. The van der Waals surface area contributed by atoms with Crippen molar-refractivity contribution in [3.8, 4) is 5.75 Å². The van der Waals surface area contributed by atoms with Crippen molar-refractivity contribution < 1.29 is 31.9 Å². The van der Waals surface area contributed by atoms with Crippen LogP contribution in [0.1, 0.15) is 46.4 Å². The predicted molar refractivity (Wildman–Crippen MR) is 160 cm³/mol. The summed E-state index contributed by atoms with van der Waals surface area (Å²) in [5, 5.41) is 5.88. The summed E-state index contributed by atoms with van der Waals surface area (Å²) in [6.45, 7) is 0.318. The Balaban J connectivity index is 1.79. The SMILES string of the molecule is COc1cc([C@@H](Nc2cccc(C(N)=O)c2)C(=O)N2CCC[C@@H]2c2cc(NC(=O)N(C)C)ccc2S(C)(=O)=O)ccc1F. The fourth-order valence-corrected chi connectivity index (χ4v) is 5.99. The number of amides is 4. The first kappa shape index (κ1) is 31.3. The molecule has 3 aromatic carbocycles. The molecule has 1 saturated heterocycles. The van der Waals surface area contributed by atoms with Gasteiger partial charge in [-0.2, -0.15) is 0 Å². The molecule has 0 aliphatic carbocycles. The highest BCUT2D eigenvalue weighted by atomic mass is 32.2. The van der Waals surface area contributed by atoms with Crippen LogP contribution in [-0.2, 0) is 14.6 Å². The van der Waals surface area contributed by atoms with Crippen molar-refractivity contribution >= 4 is 39.1 Å². The highest BCUT2D eigenvalue weighted by Crippen LogP contribution is 2.39. The number of sulfone groups is 1. The van der Waals surface area contributed by atoms with Crippen LogP contribution in [0, 0.1) is 5.82 Å². The molecule has 4 rings (SSSR count). The second-order valence-corrected chi connectivity index (χ2v) is 12.4. The van der Waals surface area contributed by atoms with E-state index in [1.165, 1.54) is 54.5 Å². The van der Waals surface area contributed by atoms with Crippen molar-refractivity contribution in [1.82, 2.24) is 9.80 Å². The molecule has 3 aromatic rings. The molecule has 0 radical (unpaired) electrons. The lowest BCUT2D eigenvalue weighted by molar-refractivity contribution is -0.133. The third-order valence-corrected chi connectivity index (χ3v) is 8.35. The highest BCUT2D eigenvalue weighted by molar-refractivity contribution is 7.90. The molecule has 2 atom stereocenters. The van der Waals surface area contributed by atoms with Crippen LogP contribution in [0.5, 0.6) is 5.75 Å². The maximum Gasteiger partial charge on any atom is 0.321 e. The van der Waals surface area contributed by atoms with Gasteiger partial charge in [-0.25, -0.2) is 17.6 Å². The van der Waals surface area contributed by atoms with Gasteiger partial charge in [0.05, 0.1) is 18.0 Å². The van der Waals surface area contributed by atoms with Crippen molar-refractivity contribution in [2.45, 2.75) is 29.8 Å². The zero-order valence-corrected chi connectivity index (χ0v) is 25.1. The summed E-state index contributed by atoms with van der Waals surface area (Å²) in [7, 11) is 0.763. The number of urea groups is 1. The zero-order chi connectivity index (χ0) is 31.5. The van der Waals surface area contributed by atoms with Crippen molar-refractivity contribution in [3.63, 3.8) is 0 Å². The number of methoxy groups -OCH3 is 1. The van der Waals surface area contributed by atoms with Crippen LogP contribution in [-0.4, -0.2) is 70.1 Å². The molecule has 0 unspecified atom stereocenters. The average molecular weight is 612 g/mol. The minimum absolute atomic E-state index is 0.0437. The minimum atomic E-state index is -3.71. The van der Waals surface area contributed by atoms with Crippen LogP contribution in [0.15, 0.2) is 65.6 Å². The van der Waals surface area contributed by atoms with Gasteiger partial charge in [0.15, 0.2) is 21.4 Å². The van der Waals surface area contributed by atoms with Gasteiger partial charge in [-0.1, -0.05) is 12.1 Å². The van der Waals surface area contributed by atoms with Crippen LogP contribution in [0.2, 0.25) is 0 Å². The number of nitrogens with one attached hydrogen (secondary N) is 2. The van der Waals surface area contributed by atoms with Gasteiger partial charge in [-0.3, -0.25) is 9.59 Å². The minimum Gasteiger partial charge on any atom is -0.494 e.